The van der Waals surface area contributed by atoms with Crippen molar-refractivity contribution >= 4 is 32.8 Å². The number of nitrogens with one attached hydrogen (secondary N) is 1. The summed E-state index contributed by atoms with van der Waals surface area (Å²) in [5.74, 6) is -1.45. The summed E-state index contributed by atoms with van der Waals surface area (Å²) in [6.45, 7) is 3.21. The van der Waals surface area contributed by atoms with Crippen LogP contribution in [0.4, 0.5) is 0 Å². The first-order valence-electron chi connectivity index (χ1n) is 10.8. The van der Waals surface area contributed by atoms with Crippen molar-refractivity contribution < 1.29 is 27.5 Å². The SMILES string of the molecule is COC(=O)C(C)(C)c1ccc(OC)c(S(=O)(=O)NC(=O)c2ccc3c(-n4cccn4)cccc3n2)c1. The molecular weight excluding hydrogens is 484 g/mol. The second-order valence-electron chi connectivity index (χ2n) is 8.41. The van der Waals surface area contributed by atoms with Gasteiger partial charge in [-0.2, -0.15) is 5.10 Å². The van der Waals surface area contributed by atoms with Gasteiger partial charge in [-0.1, -0.05) is 12.1 Å². The Hall–Kier alpha value is -4.25. The van der Waals surface area contributed by atoms with Crippen LogP contribution in [-0.4, -0.2) is 49.3 Å². The van der Waals surface area contributed by atoms with E-state index in [-0.39, 0.29) is 16.3 Å². The quantitative estimate of drug-likeness (QED) is 0.377. The lowest BCUT2D eigenvalue weighted by Crippen LogP contribution is -2.33. The lowest BCUT2D eigenvalue weighted by atomic mass is 9.85. The molecule has 4 rings (SSSR count). The van der Waals surface area contributed by atoms with Gasteiger partial charge in [-0.15, -0.1) is 0 Å². The van der Waals surface area contributed by atoms with Crippen molar-refractivity contribution in [2.24, 2.45) is 0 Å². The van der Waals surface area contributed by atoms with Gasteiger partial charge in [0, 0.05) is 17.8 Å². The van der Waals surface area contributed by atoms with Gasteiger partial charge in [0.1, 0.15) is 16.3 Å². The normalized spacial score (nSPS) is 11.8. The molecule has 0 spiro atoms. The fraction of sp³-hybridized carbons (Fsp3) is 0.200. The zero-order valence-corrected chi connectivity index (χ0v) is 20.9. The standard InChI is InChI=1S/C25H24N4O6S/c1-25(2,24(31)35-4)16-9-12-21(34-3)22(15-16)36(32,33)28-23(30)19-11-10-17-18(27-19)7-5-8-20(17)29-14-6-13-26-29/h5-15H,1-4H3,(H,28,30). The Bertz CT molecular complexity index is 1560. The van der Waals surface area contributed by atoms with Crippen LogP contribution in [0.3, 0.4) is 0 Å². The third kappa shape index (κ3) is 4.52. The topological polar surface area (TPSA) is 129 Å². The van der Waals surface area contributed by atoms with Crippen molar-refractivity contribution in [2.45, 2.75) is 24.2 Å². The van der Waals surface area contributed by atoms with E-state index in [0.717, 1.165) is 11.1 Å². The van der Waals surface area contributed by atoms with Crippen LogP contribution in [-0.2, 0) is 25.0 Å². The molecule has 0 saturated heterocycles. The van der Waals surface area contributed by atoms with Crippen LogP contribution in [0.5, 0.6) is 5.75 Å². The van der Waals surface area contributed by atoms with Gasteiger partial charge in [0.25, 0.3) is 15.9 Å². The van der Waals surface area contributed by atoms with E-state index in [0.29, 0.717) is 11.1 Å². The third-order valence-electron chi connectivity index (χ3n) is 5.79. The van der Waals surface area contributed by atoms with Crippen molar-refractivity contribution in [3.8, 4) is 11.4 Å². The Balaban J connectivity index is 1.68. The first-order chi connectivity index (χ1) is 17.1. The zero-order valence-electron chi connectivity index (χ0n) is 20.1. The summed E-state index contributed by atoms with van der Waals surface area (Å²) >= 11 is 0. The Kier molecular flexibility index (Phi) is 6.51. The number of nitrogens with zero attached hydrogens (tertiary/aromatic N) is 3. The fourth-order valence-electron chi connectivity index (χ4n) is 3.75. The maximum atomic E-state index is 13.2. The number of amides is 1. The van der Waals surface area contributed by atoms with Gasteiger partial charge < -0.3 is 9.47 Å². The number of esters is 1. The lowest BCUT2D eigenvalue weighted by Gasteiger charge is -2.23. The van der Waals surface area contributed by atoms with Crippen LogP contribution < -0.4 is 9.46 Å². The molecule has 2 aromatic heterocycles. The summed E-state index contributed by atoms with van der Waals surface area (Å²) in [4.78, 5) is 29.2. The second-order valence-corrected chi connectivity index (χ2v) is 10.1. The number of hydrogen-bond donors (Lipinski definition) is 1. The minimum absolute atomic E-state index is 0.00931. The van der Waals surface area contributed by atoms with Crippen LogP contribution in [0, 0.1) is 0 Å². The number of fused-ring (bicyclic) bond motifs is 1. The van der Waals surface area contributed by atoms with Crippen LogP contribution in [0.1, 0.15) is 29.9 Å². The summed E-state index contributed by atoms with van der Waals surface area (Å²) in [6, 6.07) is 14.5. The van der Waals surface area contributed by atoms with E-state index < -0.39 is 27.3 Å². The molecular formula is C25H24N4O6S. The molecule has 186 valence electrons. The molecule has 1 N–H and O–H groups in total. The Morgan fingerprint density at radius 3 is 2.47 bits per heavy atom. The van der Waals surface area contributed by atoms with Crippen LogP contribution in [0.2, 0.25) is 0 Å². The predicted octanol–water partition coefficient (Wildman–Crippen LogP) is 3.00. The maximum absolute atomic E-state index is 13.2. The Labute approximate surface area is 207 Å². The predicted molar refractivity (Wildman–Crippen MR) is 132 cm³/mol. The molecule has 0 unspecified atom stereocenters. The van der Waals surface area contributed by atoms with Crippen LogP contribution in [0.25, 0.3) is 16.6 Å². The Morgan fingerprint density at radius 2 is 1.81 bits per heavy atom. The summed E-state index contributed by atoms with van der Waals surface area (Å²) in [6.07, 6.45) is 3.43. The number of methoxy groups -OCH3 is 2. The highest BCUT2D eigenvalue weighted by molar-refractivity contribution is 7.90. The molecule has 0 bridgehead atoms. The van der Waals surface area contributed by atoms with Crippen molar-refractivity contribution in [3.05, 3.63) is 78.2 Å². The second kappa shape index (κ2) is 9.42. The van der Waals surface area contributed by atoms with E-state index in [4.69, 9.17) is 9.47 Å². The van der Waals surface area contributed by atoms with Gasteiger partial charge in [0.05, 0.1) is 30.8 Å². The number of sulfonamides is 1. The van der Waals surface area contributed by atoms with Gasteiger partial charge in [-0.25, -0.2) is 22.8 Å². The number of hydrogen-bond acceptors (Lipinski definition) is 8. The van der Waals surface area contributed by atoms with Gasteiger partial charge in [0.15, 0.2) is 0 Å². The van der Waals surface area contributed by atoms with Gasteiger partial charge in [0.2, 0.25) is 0 Å². The number of ether oxygens (including phenoxy) is 2. The first-order valence-corrected chi connectivity index (χ1v) is 12.3. The number of pyridine rings is 1. The minimum atomic E-state index is -4.39. The molecule has 0 atom stereocenters. The average Bonchev–Trinajstić information content (AvgIpc) is 3.41. The summed E-state index contributed by atoms with van der Waals surface area (Å²) < 4.78 is 40.2. The van der Waals surface area contributed by atoms with Crippen LogP contribution >= 0.6 is 0 Å². The summed E-state index contributed by atoms with van der Waals surface area (Å²) in [7, 11) is -1.83. The number of carbonyl (C=O) groups excluding carboxylic acids is 2. The van der Waals surface area contributed by atoms with Gasteiger partial charge in [-0.3, -0.25) is 9.59 Å². The monoisotopic (exact) mass is 508 g/mol. The van der Waals surface area contributed by atoms with Crippen molar-refractivity contribution in [1.29, 1.82) is 0 Å². The van der Waals surface area contributed by atoms with Crippen molar-refractivity contribution in [3.63, 3.8) is 0 Å². The highest BCUT2D eigenvalue weighted by atomic mass is 32.2. The summed E-state index contributed by atoms with van der Waals surface area (Å²) in [5, 5.41) is 4.96. The molecule has 1 amide bonds. The Morgan fingerprint density at radius 1 is 1.03 bits per heavy atom. The first kappa shape index (κ1) is 24.9. The number of rotatable bonds is 7. The van der Waals surface area contributed by atoms with E-state index in [1.165, 1.54) is 32.4 Å². The maximum Gasteiger partial charge on any atom is 0.315 e. The highest BCUT2D eigenvalue weighted by Gasteiger charge is 2.33. The number of aromatic nitrogens is 3. The molecule has 10 nitrogen and oxygen atoms in total. The number of benzene rings is 2. The van der Waals surface area contributed by atoms with E-state index in [1.54, 1.807) is 61.3 Å². The lowest BCUT2D eigenvalue weighted by molar-refractivity contribution is -0.146. The van der Waals surface area contributed by atoms with Crippen LogP contribution in [0.15, 0.2) is 71.9 Å². The van der Waals surface area contributed by atoms with Gasteiger partial charge in [-0.05, 0) is 61.9 Å². The van der Waals surface area contributed by atoms with Crippen molar-refractivity contribution in [1.82, 2.24) is 19.5 Å². The van der Waals surface area contributed by atoms with E-state index in [1.807, 2.05) is 10.8 Å². The van der Waals surface area contributed by atoms with E-state index >= 15 is 0 Å². The molecule has 0 aliphatic carbocycles. The molecule has 0 radical (unpaired) electrons. The minimum Gasteiger partial charge on any atom is -0.495 e. The van der Waals surface area contributed by atoms with E-state index in [9.17, 15) is 18.0 Å². The van der Waals surface area contributed by atoms with E-state index in [2.05, 4.69) is 10.1 Å². The smallest absolute Gasteiger partial charge is 0.315 e. The molecule has 4 aromatic rings. The van der Waals surface area contributed by atoms with Crippen molar-refractivity contribution in [2.75, 3.05) is 14.2 Å². The molecule has 0 saturated carbocycles. The number of carbonyl (C=O) groups is 2. The zero-order chi connectivity index (χ0) is 26.1. The molecule has 0 aliphatic heterocycles. The fourth-order valence-corrected chi connectivity index (χ4v) is 4.91. The molecule has 0 fully saturated rings. The summed E-state index contributed by atoms with van der Waals surface area (Å²) in [5.41, 5.74) is 0.403. The average molecular weight is 509 g/mol. The molecule has 11 heteroatoms. The molecule has 2 aromatic carbocycles. The molecule has 36 heavy (non-hydrogen) atoms. The highest BCUT2D eigenvalue weighted by Crippen LogP contribution is 2.32. The largest absolute Gasteiger partial charge is 0.495 e. The molecule has 0 aliphatic rings. The molecule has 2 heterocycles. The van der Waals surface area contributed by atoms with Gasteiger partial charge >= 0.3 is 5.97 Å². The third-order valence-corrected chi connectivity index (χ3v) is 7.14.